The highest BCUT2D eigenvalue weighted by molar-refractivity contribution is 5.97. The van der Waals surface area contributed by atoms with Gasteiger partial charge in [0.05, 0.1) is 6.42 Å². The van der Waals surface area contributed by atoms with Crippen LogP contribution in [0.5, 0.6) is 0 Å². The van der Waals surface area contributed by atoms with Crippen LogP contribution in [0.2, 0.25) is 0 Å². The summed E-state index contributed by atoms with van der Waals surface area (Å²) in [5.74, 6) is -1.04. The van der Waals surface area contributed by atoms with Gasteiger partial charge in [-0.3, -0.25) is 9.59 Å². The molecular formula is C15H19NO3. The number of hydrogen-bond acceptors (Lipinski definition) is 3. The molecule has 19 heavy (non-hydrogen) atoms. The monoisotopic (exact) mass is 261 g/mol. The van der Waals surface area contributed by atoms with E-state index in [-0.39, 0.29) is 18.6 Å². The lowest BCUT2D eigenvalue weighted by Crippen LogP contribution is -2.29. The molecule has 0 bridgehead atoms. The van der Waals surface area contributed by atoms with E-state index < -0.39 is 5.97 Å². The van der Waals surface area contributed by atoms with Crippen molar-refractivity contribution in [2.24, 2.45) is 0 Å². The summed E-state index contributed by atoms with van der Waals surface area (Å²) in [6, 6.07) is 7.51. The Hall–Kier alpha value is -1.84. The minimum Gasteiger partial charge on any atom is -0.481 e. The highest BCUT2D eigenvalue weighted by atomic mass is 16.4. The van der Waals surface area contributed by atoms with Gasteiger partial charge in [-0.2, -0.15) is 0 Å². The average molecular weight is 261 g/mol. The van der Waals surface area contributed by atoms with E-state index in [1.54, 1.807) is 12.1 Å². The van der Waals surface area contributed by atoms with Crippen LogP contribution < -0.4 is 4.90 Å². The Morgan fingerprint density at radius 2 is 1.63 bits per heavy atom. The predicted octanol–water partition coefficient (Wildman–Crippen LogP) is 2.72. The summed E-state index contributed by atoms with van der Waals surface area (Å²) in [6.07, 6.45) is 3.70. The van der Waals surface area contributed by atoms with Crippen molar-refractivity contribution in [1.29, 1.82) is 0 Å². The Labute approximate surface area is 113 Å². The van der Waals surface area contributed by atoms with Gasteiger partial charge < -0.3 is 10.0 Å². The van der Waals surface area contributed by atoms with Gasteiger partial charge in [-0.1, -0.05) is 0 Å². The number of ketones is 1. The minimum atomic E-state index is -0.932. The predicted molar refractivity (Wildman–Crippen MR) is 73.7 cm³/mol. The zero-order chi connectivity index (χ0) is 13.7. The van der Waals surface area contributed by atoms with Crippen LogP contribution in [0.3, 0.4) is 0 Å². The van der Waals surface area contributed by atoms with Crippen molar-refractivity contribution in [1.82, 2.24) is 0 Å². The van der Waals surface area contributed by atoms with E-state index in [1.165, 1.54) is 19.3 Å². The lowest BCUT2D eigenvalue weighted by Gasteiger charge is -2.28. The SMILES string of the molecule is O=C(O)CCC(=O)c1ccc(N2CCCCC2)cc1. The van der Waals surface area contributed by atoms with Gasteiger partial charge in [-0.25, -0.2) is 0 Å². The van der Waals surface area contributed by atoms with Crippen LogP contribution in [0, 0.1) is 0 Å². The minimum absolute atomic E-state index is 0.0679. The molecule has 102 valence electrons. The van der Waals surface area contributed by atoms with Crippen molar-refractivity contribution >= 4 is 17.4 Å². The summed E-state index contributed by atoms with van der Waals surface area (Å²) in [5, 5.41) is 8.56. The first-order chi connectivity index (χ1) is 9.16. The Morgan fingerprint density at radius 1 is 1.00 bits per heavy atom. The molecule has 1 aliphatic rings. The summed E-state index contributed by atoms with van der Waals surface area (Å²) in [4.78, 5) is 24.5. The van der Waals surface area contributed by atoms with Gasteiger partial charge in [0.25, 0.3) is 0 Å². The molecule has 0 aliphatic carbocycles. The lowest BCUT2D eigenvalue weighted by atomic mass is 10.0. The van der Waals surface area contributed by atoms with E-state index in [0.29, 0.717) is 5.56 Å². The first-order valence-electron chi connectivity index (χ1n) is 6.77. The van der Waals surface area contributed by atoms with Crippen LogP contribution in [0.25, 0.3) is 0 Å². The van der Waals surface area contributed by atoms with E-state index >= 15 is 0 Å². The second-order valence-corrected chi connectivity index (χ2v) is 4.91. The summed E-state index contributed by atoms with van der Waals surface area (Å²) in [7, 11) is 0. The van der Waals surface area contributed by atoms with Crippen molar-refractivity contribution in [2.45, 2.75) is 32.1 Å². The molecular weight excluding hydrogens is 242 g/mol. The van der Waals surface area contributed by atoms with Gasteiger partial charge in [0.1, 0.15) is 0 Å². The lowest BCUT2D eigenvalue weighted by molar-refractivity contribution is -0.136. The molecule has 0 unspecified atom stereocenters. The number of carboxylic acids is 1. The molecule has 2 rings (SSSR count). The standard InChI is InChI=1S/C15H19NO3/c17-14(8-9-15(18)19)12-4-6-13(7-5-12)16-10-2-1-3-11-16/h4-7H,1-3,8-11H2,(H,18,19). The third kappa shape index (κ3) is 3.81. The van der Waals surface area contributed by atoms with E-state index in [9.17, 15) is 9.59 Å². The number of carbonyl (C=O) groups is 2. The van der Waals surface area contributed by atoms with Gasteiger partial charge in [-0.05, 0) is 43.5 Å². The van der Waals surface area contributed by atoms with Crippen molar-refractivity contribution in [2.75, 3.05) is 18.0 Å². The molecule has 1 aromatic carbocycles. The molecule has 4 nitrogen and oxygen atoms in total. The third-order valence-corrected chi connectivity index (χ3v) is 3.48. The highest BCUT2D eigenvalue weighted by Gasteiger charge is 2.12. The fraction of sp³-hybridized carbons (Fsp3) is 0.467. The number of anilines is 1. The molecule has 0 radical (unpaired) electrons. The number of piperidine rings is 1. The molecule has 1 heterocycles. The summed E-state index contributed by atoms with van der Waals surface area (Å²) < 4.78 is 0. The first kappa shape index (κ1) is 13.6. The Morgan fingerprint density at radius 3 is 2.21 bits per heavy atom. The number of carboxylic acid groups (broad SMARTS) is 1. The molecule has 0 aromatic heterocycles. The van der Waals surface area contributed by atoms with Crippen LogP contribution in [0.15, 0.2) is 24.3 Å². The number of carbonyl (C=O) groups excluding carboxylic acids is 1. The highest BCUT2D eigenvalue weighted by Crippen LogP contribution is 2.20. The Bertz CT molecular complexity index is 447. The van der Waals surface area contributed by atoms with E-state index in [1.807, 2.05) is 12.1 Å². The molecule has 0 amide bonds. The Balaban J connectivity index is 1.97. The zero-order valence-corrected chi connectivity index (χ0v) is 11.0. The van der Waals surface area contributed by atoms with Crippen LogP contribution in [-0.4, -0.2) is 29.9 Å². The van der Waals surface area contributed by atoms with E-state index in [2.05, 4.69) is 4.90 Å². The summed E-state index contributed by atoms with van der Waals surface area (Å²) >= 11 is 0. The first-order valence-corrected chi connectivity index (χ1v) is 6.77. The second-order valence-electron chi connectivity index (χ2n) is 4.91. The molecule has 1 N–H and O–H groups in total. The number of aliphatic carboxylic acids is 1. The summed E-state index contributed by atoms with van der Waals surface area (Å²) in [6.45, 7) is 2.15. The second kappa shape index (κ2) is 6.36. The smallest absolute Gasteiger partial charge is 0.303 e. The van der Waals surface area contributed by atoms with Crippen LogP contribution in [-0.2, 0) is 4.79 Å². The molecule has 0 saturated carbocycles. The van der Waals surface area contributed by atoms with Crippen molar-refractivity contribution in [3.8, 4) is 0 Å². The van der Waals surface area contributed by atoms with Gasteiger partial charge >= 0.3 is 5.97 Å². The molecule has 0 spiro atoms. The van der Waals surface area contributed by atoms with E-state index in [0.717, 1.165) is 18.8 Å². The average Bonchev–Trinajstić information content (AvgIpc) is 2.46. The fourth-order valence-corrected chi connectivity index (χ4v) is 2.38. The number of Topliss-reactive ketones (excluding diaryl/α,β-unsaturated/α-hetero) is 1. The maximum absolute atomic E-state index is 11.8. The van der Waals surface area contributed by atoms with Gasteiger partial charge in [0, 0.05) is 30.8 Å². The number of benzene rings is 1. The molecule has 1 aromatic rings. The van der Waals surface area contributed by atoms with E-state index in [4.69, 9.17) is 5.11 Å². The van der Waals surface area contributed by atoms with Crippen LogP contribution >= 0.6 is 0 Å². The summed E-state index contributed by atoms with van der Waals surface area (Å²) in [5.41, 5.74) is 1.75. The molecule has 1 saturated heterocycles. The third-order valence-electron chi connectivity index (χ3n) is 3.48. The van der Waals surface area contributed by atoms with Crippen LogP contribution in [0.1, 0.15) is 42.5 Å². The quantitative estimate of drug-likeness (QED) is 0.828. The maximum Gasteiger partial charge on any atom is 0.303 e. The maximum atomic E-state index is 11.8. The molecule has 0 atom stereocenters. The fourth-order valence-electron chi connectivity index (χ4n) is 2.38. The topological polar surface area (TPSA) is 57.6 Å². The van der Waals surface area contributed by atoms with Crippen molar-refractivity contribution in [3.05, 3.63) is 29.8 Å². The van der Waals surface area contributed by atoms with Crippen molar-refractivity contribution in [3.63, 3.8) is 0 Å². The van der Waals surface area contributed by atoms with Gasteiger partial charge in [0.15, 0.2) is 5.78 Å². The number of rotatable bonds is 5. The Kier molecular flexibility index (Phi) is 4.55. The van der Waals surface area contributed by atoms with Gasteiger partial charge in [-0.15, -0.1) is 0 Å². The number of nitrogens with zero attached hydrogens (tertiary/aromatic N) is 1. The van der Waals surface area contributed by atoms with Gasteiger partial charge in [0.2, 0.25) is 0 Å². The normalized spacial score (nSPS) is 15.3. The molecule has 4 heteroatoms. The largest absolute Gasteiger partial charge is 0.481 e. The van der Waals surface area contributed by atoms with Crippen LogP contribution in [0.4, 0.5) is 5.69 Å². The molecule has 1 fully saturated rings. The molecule has 1 aliphatic heterocycles. The number of hydrogen-bond donors (Lipinski definition) is 1. The van der Waals surface area contributed by atoms with Crippen molar-refractivity contribution < 1.29 is 14.7 Å². The zero-order valence-electron chi connectivity index (χ0n) is 11.0.